The Morgan fingerprint density at radius 2 is 1.61 bits per heavy atom. The fourth-order valence-corrected chi connectivity index (χ4v) is 3.14. The average Bonchev–Trinajstić information content (AvgIpc) is 2.59. The largest absolute Gasteiger partial charge is 0.480 e. The Balaban J connectivity index is 1.79. The highest BCUT2D eigenvalue weighted by atomic mass is 16.4. The highest BCUT2D eigenvalue weighted by Gasteiger charge is 2.33. The predicted octanol–water partition coefficient (Wildman–Crippen LogP) is 0.384. The molecule has 1 saturated heterocycles. The molecule has 0 aromatic heterocycles. The molecule has 1 heterocycles. The number of carboxylic acid groups (broad SMARTS) is 1. The van der Waals surface area contributed by atoms with Crippen LogP contribution < -0.4 is 0 Å². The summed E-state index contributed by atoms with van der Waals surface area (Å²) in [4.78, 5) is 15.0. The molecule has 18 heavy (non-hydrogen) atoms. The third kappa shape index (κ3) is 3.93. The van der Waals surface area contributed by atoms with Crippen molar-refractivity contribution < 1.29 is 15.0 Å². The van der Waals surface area contributed by atoms with Gasteiger partial charge in [-0.3, -0.25) is 14.6 Å². The van der Waals surface area contributed by atoms with E-state index in [0.29, 0.717) is 0 Å². The van der Waals surface area contributed by atoms with Crippen molar-refractivity contribution in [3.63, 3.8) is 0 Å². The molecule has 0 atom stereocenters. The molecular formula is C13H24N2O3. The first-order valence-electron chi connectivity index (χ1n) is 6.96. The summed E-state index contributed by atoms with van der Waals surface area (Å²) >= 11 is 0. The zero-order valence-electron chi connectivity index (χ0n) is 11.0. The van der Waals surface area contributed by atoms with Gasteiger partial charge in [-0.05, 0) is 25.8 Å². The van der Waals surface area contributed by atoms with E-state index in [-0.39, 0.29) is 6.54 Å². The summed E-state index contributed by atoms with van der Waals surface area (Å²) in [5.74, 6) is -0.752. The minimum atomic E-state index is -0.752. The quantitative estimate of drug-likeness (QED) is 0.761. The molecule has 0 radical (unpaired) electrons. The van der Waals surface area contributed by atoms with Crippen LogP contribution in [0.2, 0.25) is 0 Å². The van der Waals surface area contributed by atoms with Crippen molar-refractivity contribution in [3.8, 4) is 0 Å². The molecule has 0 bridgehead atoms. The standard InChI is InChI=1S/C13H24N2O3/c16-12(17)10-14-6-3-7-15(9-8-14)11-13(18)4-1-2-5-13/h18H,1-11H2,(H,16,17). The van der Waals surface area contributed by atoms with E-state index in [1.165, 1.54) is 0 Å². The molecule has 2 fully saturated rings. The van der Waals surface area contributed by atoms with Crippen LogP contribution in [0.4, 0.5) is 0 Å². The maximum Gasteiger partial charge on any atom is 0.317 e. The number of hydrogen-bond donors (Lipinski definition) is 2. The van der Waals surface area contributed by atoms with Gasteiger partial charge in [-0.1, -0.05) is 12.8 Å². The molecule has 2 aliphatic rings. The Labute approximate surface area is 108 Å². The van der Waals surface area contributed by atoms with E-state index >= 15 is 0 Å². The summed E-state index contributed by atoms with van der Waals surface area (Å²) in [7, 11) is 0. The molecule has 5 heteroatoms. The first-order chi connectivity index (χ1) is 8.57. The van der Waals surface area contributed by atoms with Crippen LogP contribution in [0, 0.1) is 0 Å². The molecule has 0 aromatic carbocycles. The number of carbonyl (C=O) groups is 1. The van der Waals surface area contributed by atoms with E-state index in [1.54, 1.807) is 0 Å². The molecule has 5 nitrogen and oxygen atoms in total. The SMILES string of the molecule is O=C(O)CN1CCCN(CC2(O)CCCC2)CC1. The smallest absolute Gasteiger partial charge is 0.317 e. The third-order valence-corrected chi connectivity index (χ3v) is 4.09. The Bertz CT molecular complexity index is 290. The second-order valence-electron chi connectivity index (χ2n) is 5.73. The van der Waals surface area contributed by atoms with Gasteiger partial charge < -0.3 is 10.2 Å². The summed E-state index contributed by atoms with van der Waals surface area (Å²) in [6.45, 7) is 4.38. The first-order valence-corrected chi connectivity index (χ1v) is 6.96. The van der Waals surface area contributed by atoms with E-state index in [2.05, 4.69) is 4.90 Å². The fraction of sp³-hybridized carbons (Fsp3) is 0.923. The van der Waals surface area contributed by atoms with Crippen LogP contribution in [0.3, 0.4) is 0 Å². The summed E-state index contributed by atoms with van der Waals surface area (Å²) in [5.41, 5.74) is -0.484. The van der Waals surface area contributed by atoms with Gasteiger partial charge >= 0.3 is 5.97 Å². The van der Waals surface area contributed by atoms with Crippen molar-refractivity contribution >= 4 is 5.97 Å². The summed E-state index contributed by atoms with van der Waals surface area (Å²) in [6, 6.07) is 0. The number of hydrogen-bond acceptors (Lipinski definition) is 4. The monoisotopic (exact) mass is 256 g/mol. The number of aliphatic carboxylic acids is 1. The van der Waals surface area contributed by atoms with Gasteiger partial charge in [-0.25, -0.2) is 0 Å². The Morgan fingerprint density at radius 3 is 2.28 bits per heavy atom. The predicted molar refractivity (Wildman–Crippen MR) is 68.6 cm³/mol. The zero-order chi connectivity index (χ0) is 13.0. The summed E-state index contributed by atoms with van der Waals surface area (Å²) in [5, 5.41) is 19.2. The zero-order valence-corrected chi connectivity index (χ0v) is 11.0. The average molecular weight is 256 g/mol. The molecule has 2 rings (SSSR count). The van der Waals surface area contributed by atoms with E-state index in [9.17, 15) is 9.90 Å². The molecule has 0 spiro atoms. The topological polar surface area (TPSA) is 64.0 Å². The lowest BCUT2D eigenvalue weighted by atomic mass is 10.0. The van der Waals surface area contributed by atoms with Crippen LogP contribution in [0.5, 0.6) is 0 Å². The van der Waals surface area contributed by atoms with Crippen molar-refractivity contribution in [3.05, 3.63) is 0 Å². The van der Waals surface area contributed by atoms with Crippen LogP contribution in [0.1, 0.15) is 32.1 Å². The van der Waals surface area contributed by atoms with E-state index in [1.807, 2.05) is 4.90 Å². The van der Waals surface area contributed by atoms with Crippen LogP contribution in [-0.2, 0) is 4.79 Å². The maximum absolute atomic E-state index is 10.7. The highest BCUT2D eigenvalue weighted by molar-refractivity contribution is 5.69. The van der Waals surface area contributed by atoms with Crippen molar-refractivity contribution in [1.29, 1.82) is 0 Å². The van der Waals surface area contributed by atoms with Crippen molar-refractivity contribution in [1.82, 2.24) is 9.80 Å². The van der Waals surface area contributed by atoms with E-state index in [0.717, 1.165) is 64.8 Å². The van der Waals surface area contributed by atoms with Gasteiger partial charge in [0.1, 0.15) is 0 Å². The molecule has 0 aromatic rings. The second kappa shape index (κ2) is 5.99. The number of β-amino-alcohol motifs (C(OH)–C–C–N with tert-alkyl or cyclic N) is 1. The minimum absolute atomic E-state index is 0.137. The molecule has 1 aliphatic heterocycles. The minimum Gasteiger partial charge on any atom is -0.480 e. The molecule has 0 amide bonds. The van der Waals surface area contributed by atoms with Crippen LogP contribution in [-0.4, -0.2) is 70.9 Å². The molecule has 1 aliphatic carbocycles. The third-order valence-electron chi connectivity index (χ3n) is 4.09. The van der Waals surface area contributed by atoms with E-state index < -0.39 is 11.6 Å². The van der Waals surface area contributed by atoms with Crippen molar-refractivity contribution in [2.75, 3.05) is 39.3 Å². The van der Waals surface area contributed by atoms with Crippen molar-refractivity contribution in [2.24, 2.45) is 0 Å². The summed E-state index contributed by atoms with van der Waals surface area (Å²) < 4.78 is 0. The van der Waals surface area contributed by atoms with Crippen LogP contribution in [0.25, 0.3) is 0 Å². The number of carboxylic acids is 1. The van der Waals surface area contributed by atoms with Gasteiger partial charge in [0, 0.05) is 26.2 Å². The van der Waals surface area contributed by atoms with Gasteiger partial charge in [0.15, 0.2) is 0 Å². The van der Waals surface area contributed by atoms with Crippen molar-refractivity contribution in [2.45, 2.75) is 37.7 Å². The second-order valence-corrected chi connectivity index (χ2v) is 5.73. The molecule has 104 valence electrons. The van der Waals surface area contributed by atoms with Gasteiger partial charge in [0.05, 0.1) is 12.1 Å². The fourth-order valence-electron chi connectivity index (χ4n) is 3.14. The molecule has 1 saturated carbocycles. The highest BCUT2D eigenvalue weighted by Crippen LogP contribution is 2.30. The van der Waals surface area contributed by atoms with Gasteiger partial charge in [-0.15, -0.1) is 0 Å². The lowest BCUT2D eigenvalue weighted by Gasteiger charge is -2.30. The number of nitrogens with zero attached hydrogens (tertiary/aromatic N) is 2. The van der Waals surface area contributed by atoms with Crippen LogP contribution in [0.15, 0.2) is 0 Å². The summed E-state index contributed by atoms with van der Waals surface area (Å²) in [6.07, 6.45) is 5.10. The lowest BCUT2D eigenvalue weighted by Crippen LogP contribution is -2.43. The number of aliphatic hydroxyl groups is 1. The van der Waals surface area contributed by atoms with Gasteiger partial charge in [-0.2, -0.15) is 0 Å². The maximum atomic E-state index is 10.7. The first kappa shape index (κ1) is 13.8. The van der Waals surface area contributed by atoms with E-state index in [4.69, 9.17) is 5.11 Å². The lowest BCUT2D eigenvalue weighted by molar-refractivity contribution is -0.138. The molecular weight excluding hydrogens is 232 g/mol. The number of rotatable bonds is 4. The Kier molecular flexibility index (Phi) is 4.59. The normalized spacial score (nSPS) is 26.1. The Morgan fingerprint density at radius 1 is 1.00 bits per heavy atom. The van der Waals surface area contributed by atoms with Crippen LogP contribution >= 0.6 is 0 Å². The molecule has 0 unspecified atom stereocenters. The Hall–Kier alpha value is -0.650. The van der Waals surface area contributed by atoms with Gasteiger partial charge in [0.2, 0.25) is 0 Å². The molecule has 2 N–H and O–H groups in total. The van der Waals surface area contributed by atoms with Gasteiger partial charge in [0.25, 0.3) is 0 Å².